The predicted molar refractivity (Wildman–Crippen MR) is 125 cm³/mol. The van der Waals surface area contributed by atoms with E-state index in [9.17, 15) is 0 Å². The smallest absolute Gasteiger partial charge is 0.0596 e. The number of hydrogen-bond acceptors (Lipinski definition) is 4. The van der Waals surface area contributed by atoms with Gasteiger partial charge in [-0.2, -0.15) is 0 Å². The van der Waals surface area contributed by atoms with Crippen LogP contribution in [0.25, 0.3) is 0 Å². The Hall–Kier alpha value is 0.270. The Morgan fingerprint density at radius 2 is 1.48 bits per heavy atom. The molecule has 1 atom stereocenters. The number of rotatable bonds is 7. The molecule has 5 heteroatoms. The van der Waals surface area contributed by atoms with Crippen LogP contribution in [-0.4, -0.2) is 87.2 Å². The normalized spacial score (nSPS) is 19.3. The molecule has 0 amide bonds. The highest BCUT2D eigenvalue weighted by Gasteiger charge is 2.11. The van der Waals surface area contributed by atoms with Crippen LogP contribution in [0, 0.1) is 5.92 Å². The fraction of sp³-hybridized carbons (Fsp3) is 1.00. The van der Waals surface area contributed by atoms with Gasteiger partial charge in [0, 0.05) is 38.8 Å². The van der Waals surface area contributed by atoms with Crippen molar-refractivity contribution in [3.8, 4) is 0 Å². The van der Waals surface area contributed by atoms with Crippen LogP contribution in [0.4, 0.5) is 0 Å². The van der Waals surface area contributed by atoms with E-state index in [0.29, 0.717) is 6.10 Å². The third kappa shape index (κ3) is 18.1. The number of nitrogens with zero attached hydrogens (tertiary/aromatic N) is 2. The molecule has 2 heterocycles. The van der Waals surface area contributed by atoms with Crippen LogP contribution < -0.4 is 5.32 Å². The van der Waals surface area contributed by atoms with E-state index in [2.05, 4.69) is 63.3 Å². The van der Waals surface area contributed by atoms with E-state index in [1.54, 1.807) is 0 Å². The Kier molecular flexibility index (Phi) is 18.5. The van der Waals surface area contributed by atoms with Crippen LogP contribution in [0.3, 0.4) is 0 Å². The van der Waals surface area contributed by atoms with Gasteiger partial charge in [0.2, 0.25) is 0 Å². The zero-order chi connectivity index (χ0) is 20.5. The molecule has 0 saturated carbocycles. The molecule has 2 aliphatic rings. The molecule has 0 aliphatic carbocycles. The standard InChI is InChI=1S/C9H20N2O.C8H17N.C5H13P/c1-9(2)12-8-7-11-5-3-10-4-6-11;1-8(2)9-6-4-3-5-7-9;1-5(2)4-6-3/h9-10H,3-8H2,1-2H3;8H,3-7H2,1-2H3;5-6H,4H2,1-3H3. The van der Waals surface area contributed by atoms with E-state index >= 15 is 0 Å². The van der Waals surface area contributed by atoms with Crippen LogP contribution in [0.15, 0.2) is 0 Å². The van der Waals surface area contributed by atoms with E-state index in [1.807, 2.05) is 0 Å². The monoisotopic (exact) mass is 403 g/mol. The first-order chi connectivity index (χ1) is 12.9. The molecule has 0 aromatic heterocycles. The Morgan fingerprint density at radius 3 is 1.85 bits per heavy atom. The molecule has 0 spiro atoms. The van der Waals surface area contributed by atoms with E-state index in [1.165, 1.54) is 51.6 Å². The van der Waals surface area contributed by atoms with Crippen molar-refractivity contribution in [3.63, 3.8) is 0 Å². The molecule has 27 heavy (non-hydrogen) atoms. The van der Waals surface area contributed by atoms with Crippen molar-refractivity contribution in [1.82, 2.24) is 15.1 Å². The number of piperidine rings is 1. The molecule has 0 radical (unpaired) electrons. The Balaban J connectivity index is 0.000000400. The molecule has 2 fully saturated rings. The second-order valence-electron chi connectivity index (χ2n) is 8.65. The molecular formula is C22H50N3OP. The molecule has 2 aliphatic heterocycles. The fourth-order valence-electron chi connectivity index (χ4n) is 3.20. The maximum atomic E-state index is 5.48. The zero-order valence-corrected chi connectivity index (χ0v) is 20.5. The van der Waals surface area contributed by atoms with Crippen molar-refractivity contribution in [3.05, 3.63) is 0 Å². The summed E-state index contributed by atoms with van der Waals surface area (Å²) >= 11 is 0. The van der Waals surface area contributed by atoms with Gasteiger partial charge in [0.25, 0.3) is 0 Å². The minimum atomic E-state index is 0.368. The van der Waals surface area contributed by atoms with Crippen molar-refractivity contribution in [2.24, 2.45) is 5.92 Å². The lowest BCUT2D eigenvalue weighted by Crippen LogP contribution is -2.44. The number of piperazine rings is 1. The van der Waals surface area contributed by atoms with Gasteiger partial charge in [-0.05, 0) is 72.4 Å². The van der Waals surface area contributed by atoms with Gasteiger partial charge in [0.05, 0.1) is 12.7 Å². The summed E-state index contributed by atoms with van der Waals surface area (Å²) in [5.41, 5.74) is 0. The average molecular weight is 404 g/mol. The lowest BCUT2D eigenvalue weighted by molar-refractivity contribution is 0.0566. The van der Waals surface area contributed by atoms with Crippen LogP contribution in [-0.2, 0) is 4.74 Å². The lowest BCUT2D eigenvalue weighted by Gasteiger charge is -2.29. The molecule has 164 valence electrons. The molecule has 1 N–H and O–H groups in total. The highest BCUT2D eigenvalue weighted by atomic mass is 31.1. The summed E-state index contributed by atoms with van der Waals surface area (Å²) in [4.78, 5) is 5.00. The first-order valence-electron chi connectivity index (χ1n) is 11.3. The average Bonchev–Trinajstić information content (AvgIpc) is 2.64. The largest absolute Gasteiger partial charge is 0.377 e. The molecule has 1 unspecified atom stereocenters. The van der Waals surface area contributed by atoms with Gasteiger partial charge in [0.1, 0.15) is 0 Å². The molecule has 4 nitrogen and oxygen atoms in total. The second-order valence-corrected chi connectivity index (χ2v) is 9.77. The second kappa shape index (κ2) is 18.3. The Morgan fingerprint density at radius 1 is 0.889 bits per heavy atom. The number of ether oxygens (including phenoxy) is 1. The quantitative estimate of drug-likeness (QED) is 0.647. The summed E-state index contributed by atoms with van der Waals surface area (Å²) in [5.74, 6) is 0.910. The van der Waals surface area contributed by atoms with Crippen LogP contribution in [0.5, 0.6) is 0 Å². The van der Waals surface area contributed by atoms with E-state index in [4.69, 9.17) is 4.74 Å². The summed E-state index contributed by atoms with van der Waals surface area (Å²) in [5, 5.41) is 3.33. The summed E-state index contributed by atoms with van der Waals surface area (Å²) in [7, 11) is 1.14. The zero-order valence-electron chi connectivity index (χ0n) is 19.5. The third-order valence-electron chi connectivity index (χ3n) is 4.80. The number of nitrogens with one attached hydrogen (secondary N) is 1. The molecule has 2 rings (SSSR count). The Bertz CT molecular complexity index is 302. The summed E-state index contributed by atoms with van der Waals surface area (Å²) in [6, 6.07) is 0.769. The van der Waals surface area contributed by atoms with Crippen LogP contribution in [0.1, 0.15) is 60.8 Å². The molecule has 0 bridgehead atoms. The third-order valence-corrected chi connectivity index (χ3v) is 6.03. The summed E-state index contributed by atoms with van der Waals surface area (Å²) in [6.07, 6.45) is 6.05. The van der Waals surface area contributed by atoms with Crippen molar-refractivity contribution in [2.45, 2.75) is 73.0 Å². The number of hydrogen-bond donors (Lipinski definition) is 1. The summed E-state index contributed by atoms with van der Waals surface area (Å²) in [6.45, 7) is 24.7. The number of likely N-dealkylation sites (tertiary alicyclic amines) is 1. The summed E-state index contributed by atoms with van der Waals surface area (Å²) < 4.78 is 5.48. The molecular weight excluding hydrogens is 353 g/mol. The highest BCUT2D eigenvalue weighted by molar-refractivity contribution is 7.36. The van der Waals surface area contributed by atoms with Gasteiger partial charge in [-0.15, -0.1) is 8.58 Å². The first-order valence-corrected chi connectivity index (χ1v) is 13.0. The SMILES string of the molecule is CC(C)N1CCCCC1.CC(C)OCCN1CCNCC1.CPCC(C)C. The first kappa shape index (κ1) is 27.3. The van der Waals surface area contributed by atoms with Crippen molar-refractivity contribution >= 4 is 8.58 Å². The van der Waals surface area contributed by atoms with Crippen molar-refractivity contribution < 1.29 is 4.74 Å². The van der Waals surface area contributed by atoms with Crippen molar-refractivity contribution in [2.75, 3.05) is 65.2 Å². The Labute approximate surface area is 173 Å². The van der Waals surface area contributed by atoms with Gasteiger partial charge in [-0.1, -0.05) is 20.3 Å². The molecule has 0 aromatic carbocycles. The fourth-order valence-corrected chi connectivity index (χ4v) is 4.01. The minimum Gasteiger partial charge on any atom is -0.377 e. The van der Waals surface area contributed by atoms with Gasteiger partial charge in [-0.3, -0.25) is 4.90 Å². The maximum Gasteiger partial charge on any atom is 0.0596 e. The molecule has 2 saturated heterocycles. The van der Waals surface area contributed by atoms with Gasteiger partial charge in [-0.25, -0.2) is 0 Å². The van der Waals surface area contributed by atoms with E-state index in [0.717, 1.165) is 46.8 Å². The minimum absolute atomic E-state index is 0.368. The highest BCUT2D eigenvalue weighted by Crippen LogP contribution is 2.10. The molecule has 0 aromatic rings. The van der Waals surface area contributed by atoms with Gasteiger partial charge in [0.15, 0.2) is 0 Å². The predicted octanol–water partition coefficient (Wildman–Crippen LogP) is 4.15. The van der Waals surface area contributed by atoms with Gasteiger partial charge < -0.3 is 15.0 Å². The lowest BCUT2D eigenvalue weighted by atomic mass is 10.1. The topological polar surface area (TPSA) is 27.7 Å². The van der Waals surface area contributed by atoms with E-state index < -0.39 is 0 Å². The van der Waals surface area contributed by atoms with Crippen LogP contribution >= 0.6 is 8.58 Å². The van der Waals surface area contributed by atoms with E-state index in [-0.39, 0.29) is 0 Å². The van der Waals surface area contributed by atoms with Gasteiger partial charge >= 0.3 is 0 Å². The van der Waals surface area contributed by atoms with Crippen LogP contribution in [0.2, 0.25) is 0 Å². The van der Waals surface area contributed by atoms with Crippen molar-refractivity contribution in [1.29, 1.82) is 0 Å². The maximum absolute atomic E-state index is 5.48.